The molecule has 2 unspecified atom stereocenters. The summed E-state index contributed by atoms with van der Waals surface area (Å²) >= 11 is 0. The van der Waals surface area contributed by atoms with Gasteiger partial charge in [0.1, 0.15) is 0 Å². The average Bonchev–Trinajstić information content (AvgIpc) is 2.75. The highest BCUT2D eigenvalue weighted by Gasteiger charge is 2.28. The summed E-state index contributed by atoms with van der Waals surface area (Å²) in [6, 6.07) is 0. The number of carboxylic acid groups (broad SMARTS) is 2. The fourth-order valence-electron chi connectivity index (χ4n) is 2.42. The summed E-state index contributed by atoms with van der Waals surface area (Å²) in [6.07, 6.45) is 7.09. The average molecular weight is 241 g/mol. The summed E-state index contributed by atoms with van der Waals surface area (Å²) < 4.78 is 0. The molecule has 2 aliphatic rings. The molecule has 0 aromatic carbocycles. The van der Waals surface area contributed by atoms with Crippen molar-refractivity contribution >= 4 is 11.9 Å². The highest BCUT2D eigenvalue weighted by molar-refractivity contribution is 5.89. The first kappa shape index (κ1) is 13.7. The van der Waals surface area contributed by atoms with Crippen molar-refractivity contribution in [3.05, 3.63) is 12.2 Å². The monoisotopic (exact) mass is 241 g/mol. The van der Waals surface area contributed by atoms with Crippen LogP contribution in [-0.2, 0) is 9.59 Å². The van der Waals surface area contributed by atoms with Crippen LogP contribution in [0.3, 0.4) is 0 Å². The molecule has 0 radical (unpaired) electrons. The first-order valence-electron chi connectivity index (χ1n) is 5.94. The first-order valence-corrected chi connectivity index (χ1v) is 5.94. The third-order valence-electron chi connectivity index (χ3n) is 3.25. The molecule has 0 amide bonds. The number of hydrogen-bond acceptors (Lipinski definition) is 3. The van der Waals surface area contributed by atoms with Gasteiger partial charge in [-0.1, -0.05) is 12.8 Å². The zero-order valence-corrected chi connectivity index (χ0v) is 9.76. The van der Waals surface area contributed by atoms with Crippen LogP contribution in [0.1, 0.15) is 25.7 Å². The van der Waals surface area contributed by atoms with Crippen molar-refractivity contribution in [2.75, 3.05) is 13.1 Å². The minimum absolute atomic E-state index is 0.558. The molecule has 0 bridgehead atoms. The Balaban J connectivity index is 0.000000172. The topological polar surface area (TPSA) is 86.6 Å². The van der Waals surface area contributed by atoms with Crippen LogP contribution in [-0.4, -0.2) is 35.2 Å². The fraction of sp³-hybridized carbons (Fsp3) is 0.667. The summed E-state index contributed by atoms with van der Waals surface area (Å²) in [7, 11) is 0. The second-order valence-electron chi connectivity index (χ2n) is 4.47. The molecule has 2 atom stereocenters. The van der Waals surface area contributed by atoms with Crippen molar-refractivity contribution in [1.29, 1.82) is 0 Å². The van der Waals surface area contributed by atoms with E-state index in [0.717, 1.165) is 11.8 Å². The third kappa shape index (κ3) is 5.49. The van der Waals surface area contributed by atoms with E-state index in [4.69, 9.17) is 10.2 Å². The number of aliphatic carboxylic acids is 2. The van der Waals surface area contributed by atoms with E-state index < -0.39 is 11.9 Å². The summed E-state index contributed by atoms with van der Waals surface area (Å²) in [5.41, 5.74) is 0. The fourth-order valence-corrected chi connectivity index (χ4v) is 2.42. The lowest BCUT2D eigenvalue weighted by molar-refractivity contribution is -0.134. The van der Waals surface area contributed by atoms with Gasteiger partial charge in [0.05, 0.1) is 0 Å². The third-order valence-corrected chi connectivity index (χ3v) is 3.25. The summed E-state index contributed by atoms with van der Waals surface area (Å²) in [5.74, 6) is -0.405. The standard InChI is InChI=1S/C8H15N.C4H4O4/c1-2-4-8-6-9-5-7(8)3-1;5-3(6)1-2-4(7)8/h7-9H,1-6H2;1-2H,(H,5,6)(H,7,8)/b;2-1+. The Labute approximate surface area is 101 Å². The maximum absolute atomic E-state index is 9.55. The lowest BCUT2D eigenvalue weighted by atomic mass is 9.82. The van der Waals surface area contributed by atoms with Gasteiger partial charge >= 0.3 is 11.9 Å². The van der Waals surface area contributed by atoms with E-state index in [1.54, 1.807) is 0 Å². The van der Waals surface area contributed by atoms with Gasteiger partial charge in [-0.05, 0) is 37.8 Å². The lowest BCUT2D eigenvalue weighted by Gasteiger charge is -2.23. The van der Waals surface area contributed by atoms with Gasteiger partial charge in [-0.25, -0.2) is 9.59 Å². The molecule has 2 rings (SSSR count). The van der Waals surface area contributed by atoms with Crippen molar-refractivity contribution in [3.63, 3.8) is 0 Å². The van der Waals surface area contributed by atoms with E-state index in [2.05, 4.69) is 5.32 Å². The lowest BCUT2D eigenvalue weighted by Crippen LogP contribution is -2.16. The maximum atomic E-state index is 9.55. The molecule has 96 valence electrons. The zero-order valence-electron chi connectivity index (χ0n) is 9.76. The Morgan fingerprint density at radius 1 is 0.941 bits per heavy atom. The Kier molecular flexibility index (Phi) is 5.69. The van der Waals surface area contributed by atoms with Crippen LogP contribution < -0.4 is 5.32 Å². The van der Waals surface area contributed by atoms with Crippen LogP contribution >= 0.6 is 0 Å². The minimum atomic E-state index is -1.26. The maximum Gasteiger partial charge on any atom is 0.328 e. The Morgan fingerprint density at radius 2 is 1.35 bits per heavy atom. The van der Waals surface area contributed by atoms with E-state index in [1.807, 2.05) is 0 Å². The van der Waals surface area contributed by atoms with E-state index in [9.17, 15) is 9.59 Å². The molecule has 3 N–H and O–H groups in total. The number of rotatable bonds is 2. The molecule has 5 heteroatoms. The number of fused-ring (bicyclic) bond motifs is 1. The van der Waals surface area contributed by atoms with Crippen molar-refractivity contribution < 1.29 is 19.8 Å². The molecular formula is C12H19NO4. The quantitative estimate of drug-likeness (QED) is 0.630. The van der Waals surface area contributed by atoms with Crippen LogP contribution in [0, 0.1) is 11.8 Å². The van der Waals surface area contributed by atoms with Crippen LogP contribution in [0.25, 0.3) is 0 Å². The van der Waals surface area contributed by atoms with Gasteiger partial charge in [-0.2, -0.15) is 0 Å². The molecule has 0 aromatic heterocycles. The van der Waals surface area contributed by atoms with Crippen molar-refractivity contribution in [2.24, 2.45) is 11.8 Å². The van der Waals surface area contributed by atoms with Crippen LogP contribution in [0.4, 0.5) is 0 Å². The van der Waals surface area contributed by atoms with Crippen LogP contribution in [0.15, 0.2) is 12.2 Å². The molecule has 1 saturated heterocycles. The molecule has 0 aromatic rings. The van der Waals surface area contributed by atoms with E-state index in [0.29, 0.717) is 12.2 Å². The van der Waals surface area contributed by atoms with Crippen molar-refractivity contribution in [3.8, 4) is 0 Å². The van der Waals surface area contributed by atoms with Crippen molar-refractivity contribution in [2.45, 2.75) is 25.7 Å². The highest BCUT2D eigenvalue weighted by atomic mass is 16.4. The Morgan fingerprint density at radius 3 is 1.71 bits per heavy atom. The van der Waals surface area contributed by atoms with Gasteiger partial charge in [-0.3, -0.25) is 0 Å². The molecule has 1 aliphatic carbocycles. The predicted octanol–water partition coefficient (Wildman–Crippen LogP) is 1.11. The Hall–Kier alpha value is -1.36. The molecule has 1 aliphatic heterocycles. The predicted molar refractivity (Wildman–Crippen MR) is 62.7 cm³/mol. The smallest absolute Gasteiger partial charge is 0.328 e. The van der Waals surface area contributed by atoms with E-state index >= 15 is 0 Å². The van der Waals surface area contributed by atoms with Crippen molar-refractivity contribution in [1.82, 2.24) is 5.32 Å². The van der Waals surface area contributed by atoms with Gasteiger partial charge in [0.25, 0.3) is 0 Å². The first-order chi connectivity index (χ1) is 8.09. The van der Waals surface area contributed by atoms with Crippen LogP contribution in [0.2, 0.25) is 0 Å². The van der Waals surface area contributed by atoms with Crippen LogP contribution in [0.5, 0.6) is 0 Å². The SMILES string of the molecule is C1CCC2CNCC2C1.O=C(O)/C=C/C(=O)O. The minimum Gasteiger partial charge on any atom is -0.478 e. The molecule has 17 heavy (non-hydrogen) atoms. The Bertz CT molecular complexity index is 273. The molecule has 2 fully saturated rings. The summed E-state index contributed by atoms with van der Waals surface area (Å²) in [6.45, 7) is 2.62. The number of carbonyl (C=O) groups is 2. The van der Waals surface area contributed by atoms with Gasteiger partial charge < -0.3 is 15.5 Å². The van der Waals surface area contributed by atoms with Gasteiger partial charge in [-0.15, -0.1) is 0 Å². The number of nitrogens with one attached hydrogen (secondary N) is 1. The van der Waals surface area contributed by atoms with E-state index in [1.165, 1.54) is 38.8 Å². The van der Waals surface area contributed by atoms with Gasteiger partial charge in [0.2, 0.25) is 0 Å². The summed E-state index contributed by atoms with van der Waals surface area (Å²) in [5, 5.41) is 19.1. The van der Waals surface area contributed by atoms with Gasteiger partial charge in [0, 0.05) is 12.2 Å². The normalized spacial score (nSPS) is 27.1. The second-order valence-corrected chi connectivity index (χ2v) is 4.47. The molecular weight excluding hydrogens is 222 g/mol. The largest absolute Gasteiger partial charge is 0.478 e. The number of hydrogen-bond donors (Lipinski definition) is 3. The second kappa shape index (κ2) is 7.06. The summed E-state index contributed by atoms with van der Waals surface area (Å²) in [4.78, 5) is 19.1. The zero-order chi connectivity index (χ0) is 12.7. The molecule has 1 saturated carbocycles. The molecule has 0 spiro atoms. The number of carboxylic acids is 2. The van der Waals surface area contributed by atoms with Gasteiger partial charge in [0.15, 0.2) is 0 Å². The molecule has 5 nitrogen and oxygen atoms in total. The van der Waals surface area contributed by atoms with E-state index in [-0.39, 0.29) is 0 Å². The molecule has 1 heterocycles. The highest BCUT2D eigenvalue weighted by Crippen LogP contribution is 2.31.